The quantitative estimate of drug-likeness (QED) is 0.705. The lowest BCUT2D eigenvalue weighted by Crippen LogP contribution is -1.96. The minimum atomic E-state index is 0.288. The molecule has 0 spiro atoms. The molecular weight excluding hydrogens is 224 g/mol. The standard InChI is InChI=1S/C14H12N4/c1-9-5-6-16-8-12(9)11-4-2-3-10-7-17-14(15)18-13(10)11/h2-8H,1H3,(H2,15,17,18). The molecule has 3 rings (SSSR count). The van der Waals surface area contributed by atoms with Gasteiger partial charge in [0.05, 0.1) is 5.52 Å². The number of aryl methyl sites for hydroxylation is 1. The number of aromatic nitrogens is 3. The maximum Gasteiger partial charge on any atom is 0.220 e. The lowest BCUT2D eigenvalue weighted by Gasteiger charge is -2.08. The zero-order chi connectivity index (χ0) is 12.5. The van der Waals surface area contributed by atoms with Crippen LogP contribution in [0.15, 0.2) is 42.9 Å². The van der Waals surface area contributed by atoms with Crippen LogP contribution in [0.3, 0.4) is 0 Å². The van der Waals surface area contributed by atoms with Gasteiger partial charge in [-0.3, -0.25) is 4.98 Å². The van der Waals surface area contributed by atoms with Crippen molar-refractivity contribution in [2.24, 2.45) is 0 Å². The molecule has 0 fully saturated rings. The van der Waals surface area contributed by atoms with E-state index in [0.717, 1.165) is 27.6 Å². The fraction of sp³-hybridized carbons (Fsp3) is 0.0714. The molecule has 0 aliphatic rings. The van der Waals surface area contributed by atoms with Crippen LogP contribution in [0, 0.1) is 6.92 Å². The van der Waals surface area contributed by atoms with Gasteiger partial charge in [0.25, 0.3) is 0 Å². The minimum Gasteiger partial charge on any atom is -0.368 e. The van der Waals surface area contributed by atoms with Crippen LogP contribution in [0.1, 0.15) is 5.56 Å². The summed E-state index contributed by atoms with van der Waals surface area (Å²) in [7, 11) is 0. The second kappa shape index (κ2) is 4.07. The average molecular weight is 236 g/mol. The lowest BCUT2D eigenvalue weighted by molar-refractivity contribution is 1.23. The number of pyridine rings is 1. The highest BCUT2D eigenvalue weighted by molar-refractivity contribution is 5.94. The predicted octanol–water partition coefficient (Wildman–Crippen LogP) is 2.58. The van der Waals surface area contributed by atoms with Crippen molar-refractivity contribution in [2.75, 3.05) is 5.73 Å². The van der Waals surface area contributed by atoms with E-state index < -0.39 is 0 Å². The van der Waals surface area contributed by atoms with Crippen molar-refractivity contribution in [3.8, 4) is 11.1 Å². The Hall–Kier alpha value is -2.49. The van der Waals surface area contributed by atoms with Crippen LogP contribution < -0.4 is 5.73 Å². The topological polar surface area (TPSA) is 64.7 Å². The van der Waals surface area contributed by atoms with Crippen LogP contribution in [0.25, 0.3) is 22.0 Å². The summed E-state index contributed by atoms with van der Waals surface area (Å²) >= 11 is 0. The van der Waals surface area contributed by atoms with Gasteiger partial charge in [-0.25, -0.2) is 9.97 Å². The highest BCUT2D eigenvalue weighted by Gasteiger charge is 2.08. The van der Waals surface area contributed by atoms with Gasteiger partial charge in [0.15, 0.2) is 0 Å². The number of benzene rings is 1. The van der Waals surface area contributed by atoms with Gasteiger partial charge in [-0.2, -0.15) is 0 Å². The fourth-order valence-corrected chi connectivity index (χ4v) is 2.03. The summed E-state index contributed by atoms with van der Waals surface area (Å²) in [5.74, 6) is 0.288. The first-order valence-corrected chi connectivity index (χ1v) is 5.68. The third-order valence-corrected chi connectivity index (χ3v) is 2.96. The first kappa shape index (κ1) is 10.7. The van der Waals surface area contributed by atoms with Crippen molar-refractivity contribution >= 4 is 16.9 Å². The van der Waals surface area contributed by atoms with E-state index in [9.17, 15) is 0 Å². The molecule has 0 atom stereocenters. The summed E-state index contributed by atoms with van der Waals surface area (Å²) in [6.45, 7) is 2.06. The summed E-state index contributed by atoms with van der Waals surface area (Å²) in [5, 5.41) is 0.977. The Kier molecular flexibility index (Phi) is 2.41. The van der Waals surface area contributed by atoms with Crippen molar-refractivity contribution in [2.45, 2.75) is 6.92 Å². The molecule has 0 aliphatic heterocycles. The summed E-state index contributed by atoms with van der Waals surface area (Å²) < 4.78 is 0. The van der Waals surface area contributed by atoms with Gasteiger partial charge < -0.3 is 5.73 Å². The predicted molar refractivity (Wildman–Crippen MR) is 71.9 cm³/mol. The van der Waals surface area contributed by atoms with Crippen molar-refractivity contribution in [3.05, 3.63) is 48.4 Å². The number of nitrogen functional groups attached to an aromatic ring is 1. The van der Waals surface area contributed by atoms with Crippen LogP contribution in [0.5, 0.6) is 0 Å². The Morgan fingerprint density at radius 1 is 1.06 bits per heavy atom. The molecule has 0 saturated carbocycles. The van der Waals surface area contributed by atoms with Crippen molar-refractivity contribution < 1.29 is 0 Å². The van der Waals surface area contributed by atoms with Crippen molar-refractivity contribution in [1.82, 2.24) is 15.0 Å². The van der Waals surface area contributed by atoms with Gasteiger partial charge in [0.1, 0.15) is 0 Å². The number of nitrogens with two attached hydrogens (primary N) is 1. The van der Waals surface area contributed by atoms with Gasteiger partial charge >= 0.3 is 0 Å². The van der Waals surface area contributed by atoms with Crippen LogP contribution in [-0.2, 0) is 0 Å². The van der Waals surface area contributed by atoms with E-state index in [-0.39, 0.29) is 5.95 Å². The average Bonchev–Trinajstić information content (AvgIpc) is 2.39. The van der Waals surface area contributed by atoms with Crippen LogP contribution >= 0.6 is 0 Å². The maximum atomic E-state index is 5.67. The highest BCUT2D eigenvalue weighted by atomic mass is 15.0. The van der Waals surface area contributed by atoms with Gasteiger partial charge in [-0.1, -0.05) is 18.2 Å². The van der Waals surface area contributed by atoms with Gasteiger partial charge in [-0.05, 0) is 18.6 Å². The highest BCUT2D eigenvalue weighted by Crippen LogP contribution is 2.28. The molecule has 3 aromatic rings. The van der Waals surface area contributed by atoms with Gasteiger partial charge in [0.2, 0.25) is 5.95 Å². The SMILES string of the molecule is Cc1ccncc1-c1cccc2cnc(N)nc12. The van der Waals surface area contributed by atoms with Crippen LogP contribution in [0.4, 0.5) is 5.95 Å². The maximum absolute atomic E-state index is 5.67. The second-order valence-electron chi connectivity index (χ2n) is 4.16. The molecule has 2 aromatic heterocycles. The first-order chi connectivity index (χ1) is 8.75. The van der Waals surface area contributed by atoms with E-state index in [2.05, 4.69) is 21.9 Å². The normalized spacial score (nSPS) is 10.7. The number of rotatable bonds is 1. The Labute approximate surface area is 105 Å². The molecule has 4 heteroatoms. The Morgan fingerprint density at radius 2 is 1.94 bits per heavy atom. The third-order valence-electron chi connectivity index (χ3n) is 2.96. The molecule has 0 saturated heterocycles. The molecule has 0 radical (unpaired) electrons. The Morgan fingerprint density at radius 3 is 2.78 bits per heavy atom. The summed E-state index contributed by atoms with van der Waals surface area (Å²) in [6, 6.07) is 7.98. The second-order valence-corrected chi connectivity index (χ2v) is 4.16. The molecule has 0 unspecified atom stereocenters. The van der Waals surface area contributed by atoms with Crippen LogP contribution in [-0.4, -0.2) is 15.0 Å². The van der Waals surface area contributed by atoms with Crippen molar-refractivity contribution in [3.63, 3.8) is 0 Å². The van der Waals surface area contributed by atoms with E-state index in [1.807, 2.05) is 30.5 Å². The van der Waals surface area contributed by atoms with Crippen molar-refractivity contribution in [1.29, 1.82) is 0 Å². The largest absolute Gasteiger partial charge is 0.368 e. The molecular formula is C14H12N4. The number of hydrogen-bond donors (Lipinski definition) is 1. The van der Waals surface area contributed by atoms with E-state index in [1.54, 1.807) is 12.4 Å². The zero-order valence-corrected chi connectivity index (χ0v) is 9.96. The first-order valence-electron chi connectivity index (χ1n) is 5.68. The number of fused-ring (bicyclic) bond motifs is 1. The van der Waals surface area contributed by atoms with Gasteiger partial charge in [-0.15, -0.1) is 0 Å². The fourth-order valence-electron chi connectivity index (χ4n) is 2.03. The molecule has 88 valence electrons. The zero-order valence-electron chi connectivity index (χ0n) is 9.96. The van der Waals surface area contributed by atoms with Crippen LogP contribution in [0.2, 0.25) is 0 Å². The summed E-state index contributed by atoms with van der Waals surface area (Å²) in [6.07, 6.45) is 5.38. The molecule has 0 aliphatic carbocycles. The Bertz CT molecular complexity index is 722. The lowest BCUT2D eigenvalue weighted by atomic mass is 10.0. The Balaban J connectivity index is 2.36. The molecule has 2 heterocycles. The third kappa shape index (κ3) is 1.68. The minimum absolute atomic E-state index is 0.288. The van der Waals surface area contributed by atoms with Gasteiger partial charge in [0, 0.05) is 35.1 Å². The van der Waals surface area contributed by atoms with E-state index >= 15 is 0 Å². The monoisotopic (exact) mass is 236 g/mol. The molecule has 18 heavy (non-hydrogen) atoms. The van der Waals surface area contributed by atoms with E-state index in [0.29, 0.717) is 0 Å². The van der Waals surface area contributed by atoms with E-state index in [1.165, 1.54) is 0 Å². The summed E-state index contributed by atoms with van der Waals surface area (Å²) in [5.41, 5.74) is 9.80. The molecule has 2 N–H and O–H groups in total. The number of anilines is 1. The molecule has 4 nitrogen and oxygen atoms in total. The number of hydrogen-bond acceptors (Lipinski definition) is 4. The molecule has 0 bridgehead atoms. The number of nitrogens with zero attached hydrogens (tertiary/aromatic N) is 3. The molecule has 1 aromatic carbocycles. The van der Waals surface area contributed by atoms with E-state index in [4.69, 9.17) is 5.73 Å². The number of para-hydroxylation sites is 1. The summed E-state index contributed by atoms with van der Waals surface area (Å²) in [4.78, 5) is 12.5. The smallest absolute Gasteiger partial charge is 0.220 e. The molecule has 0 amide bonds.